The minimum absolute atomic E-state index is 0.0730. The van der Waals surface area contributed by atoms with E-state index >= 15 is 0 Å². The molecule has 7 heteroatoms. The Morgan fingerprint density at radius 3 is 2.73 bits per heavy atom. The number of carbonyl (C=O) groups is 1. The van der Waals surface area contributed by atoms with Gasteiger partial charge in [0.25, 0.3) is 5.95 Å². The van der Waals surface area contributed by atoms with Crippen LogP contribution in [0.5, 0.6) is 17.4 Å². The van der Waals surface area contributed by atoms with Gasteiger partial charge in [0.2, 0.25) is 0 Å². The Hall–Kier alpha value is -2.73. The number of halogens is 1. The van der Waals surface area contributed by atoms with Crippen LogP contribution < -0.4 is 4.74 Å². The van der Waals surface area contributed by atoms with Crippen LogP contribution in [0.25, 0.3) is 11.0 Å². The minimum atomic E-state index is -0.798. The van der Waals surface area contributed by atoms with Crippen molar-refractivity contribution in [2.24, 2.45) is 0 Å². The van der Waals surface area contributed by atoms with E-state index in [1.165, 1.54) is 13.2 Å². The predicted molar refractivity (Wildman–Crippen MR) is 78.5 cm³/mol. The molecule has 0 bridgehead atoms. The molecule has 0 radical (unpaired) electrons. The van der Waals surface area contributed by atoms with Crippen LogP contribution in [0.3, 0.4) is 0 Å². The van der Waals surface area contributed by atoms with E-state index in [9.17, 15) is 9.90 Å². The van der Waals surface area contributed by atoms with Crippen LogP contribution >= 0.6 is 11.6 Å². The number of rotatable bonds is 3. The van der Waals surface area contributed by atoms with Crippen molar-refractivity contribution in [2.45, 2.75) is 0 Å². The number of furan rings is 1. The van der Waals surface area contributed by atoms with Gasteiger partial charge in [0.05, 0.1) is 12.5 Å². The van der Waals surface area contributed by atoms with Crippen molar-refractivity contribution in [3.63, 3.8) is 0 Å². The molecule has 1 N–H and O–H groups in total. The zero-order chi connectivity index (χ0) is 15.7. The third-order valence-electron chi connectivity index (χ3n) is 2.93. The minimum Gasteiger partial charge on any atom is -0.505 e. The summed E-state index contributed by atoms with van der Waals surface area (Å²) in [6.45, 7) is 0. The second kappa shape index (κ2) is 5.57. The van der Waals surface area contributed by atoms with E-state index in [0.29, 0.717) is 5.75 Å². The summed E-state index contributed by atoms with van der Waals surface area (Å²) in [4.78, 5) is 15.3. The molecule has 0 spiro atoms. The first-order chi connectivity index (χ1) is 10.6. The molecule has 2 aromatic heterocycles. The quantitative estimate of drug-likeness (QED) is 0.584. The summed E-state index contributed by atoms with van der Waals surface area (Å²) < 4.78 is 15.5. The highest BCUT2D eigenvalue weighted by Gasteiger charge is 2.22. The molecule has 112 valence electrons. The molecule has 0 fully saturated rings. The van der Waals surface area contributed by atoms with Gasteiger partial charge < -0.3 is 19.0 Å². The highest BCUT2D eigenvalue weighted by atomic mass is 35.5. The van der Waals surface area contributed by atoms with Crippen LogP contribution in [-0.4, -0.2) is 23.2 Å². The molecule has 0 atom stereocenters. The number of aromatic hydroxyl groups is 1. The van der Waals surface area contributed by atoms with Crippen molar-refractivity contribution in [2.75, 3.05) is 7.11 Å². The predicted octanol–water partition coefficient (Wildman–Crippen LogP) is 3.77. The van der Waals surface area contributed by atoms with Gasteiger partial charge >= 0.3 is 5.97 Å². The Bertz CT molecular complexity index is 844. The number of aromatic nitrogens is 1. The van der Waals surface area contributed by atoms with E-state index in [1.54, 1.807) is 24.3 Å². The van der Waals surface area contributed by atoms with Crippen LogP contribution in [0.15, 0.2) is 40.8 Å². The van der Waals surface area contributed by atoms with Gasteiger partial charge in [-0.15, -0.1) is 0 Å². The van der Waals surface area contributed by atoms with Crippen LogP contribution in [0.4, 0.5) is 0 Å². The average molecular weight is 320 g/mol. The Labute approximate surface area is 129 Å². The number of carbonyl (C=O) groups excluding carboxylic acids is 1. The molecule has 0 aliphatic carbocycles. The molecule has 0 saturated heterocycles. The normalized spacial score (nSPS) is 10.6. The monoisotopic (exact) mass is 319 g/mol. The number of ether oxygens (including phenoxy) is 2. The van der Waals surface area contributed by atoms with Crippen molar-refractivity contribution in [3.05, 3.63) is 47.2 Å². The molecule has 0 aliphatic heterocycles. The zero-order valence-electron chi connectivity index (χ0n) is 11.4. The molecule has 3 aromatic rings. The molecule has 0 amide bonds. The molecule has 3 rings (SSSR count). The van der Waals surface area contributed by atoms with Crippen molar-refractivity contribution in [1.82, 2.24) is 4.98 Å². The van der Waals surface area contributed by atoms with Gasteiger partial charge in [-0.3, -0.25) is 0 Å². The first-order valence-electron chi connectivity index (χ1n) is 6.23. The summed E-state index contributed by atoms with van der Waals surface area (Å²) in [6.07, 6.45) is 0. The van der Waals surface area contributed by atoms with Crippen molar-refractivity contribution >= 4 is 28.5 Å². The fourth-order valence-electron chi connectivity index (χ4n) is 1.92. The molecule has 22 heavy (non-hydrogen) atoms. The second-order valence-electron chi connectivity index (χ2n) is 4.31. The van der Waals surface area contributed by atoms with Gasteiger partial charge in [-0.05, 0) is 12.1 Å². The SMILES string of the molecule is COC(=O)c1nc(Cl)c2oc(Oc3ccccc3)cc2c1O. The number of fused-ring (bicyclic) bond motifs is 1. The Kier molecular flexibility index (Phi) is 3.60. The molecule has 0 unspecified atom stereocenters. The van der Waals surface area contributed by atoms with E-state index in [1.807, 2.05) is 6.07 Å². The van der Waals surface area contributed by atoms with E-state index in [0.717, 1.165) is 0 Å². The Balaban J connectivity index is 2.08. The molecular weight excluding hydrogens is 310 g/mol. The lowest BCUT2D eigenvalue weighted by Gasteiger charge is -2.02. The summed E-state index contributed by atoms with van der Waals surface area (Å²) in [5, 5.41) is 10.3. The summed E-state index contributed by atoms with van der Waals surface area (Å²) in [5.41, 5.74) is -0.162. The third kappa shape index (κ3) is 2.44. The Morgan fingerprint density at radius 1 is 1.32 bits per heavy atom. The van der Waals surface area contributed by atoms with E-state index in [4.69, 9.17) is 20.8 Å². The number of esters is 1. The standard InChI is InChI=1S/C15H10ClNO5/c1-20-15(19)11-12(18)9-7-10(22-13(9)14(16)17-11)21-8-5-3-2-4-6-8/h2-7,18H,1H3. The van der Waals surface area contributed by atoms with Crippen molar-refractivity contribution in [1.29, 1.82) is 0 Å². The number of nitrogens with zero attached hydrogens (tertiary/aromatic N) is 1. The summed E-state index contributed by atoms with van der Waals surface area (Å²) in [6, 6.07) is 10.4. The summed E-state index contributed by atoms with van der Waals surface area (Å²) >= 11 is 5.97. The zero-order valence-corrected chi connectivity index (χ0v) is 12.1. The lowest BCUT2D eigenvalue weighted by Crippen LogP contribution is -2.04. The number of benzene rings is 1. The lowest BCUT2D eigenvalue weighted by atomic mass is 10.2. The van der Waals surface area contributed by atoms with Gasteiger partial charge in [0, 0.05) is 6.07 Å². The van der Waals surface area contributed by atoms with E-state index in [2.05, 4.69) is 9.72 Å². The molecule has 6 nitrogen and oxygen atoms in total. The Morgan fingerprint density at radius 2 is 2.05 bits per heavy atom. The fraction of sp³-hybridized carbons (Fsp3) is 0.0667. The van der Waals surface area contributed by atoms with E-state index < -0.39 is 5.97 Å². The number of para-hydroxylation sites is 1. The van der Waals surface area contributed by atoms with E-state index in [-0.39, 0.29) is 33.5 Å². The molecule has 0 aliphatic rings. The van der Waals surface area contributed by atoms with Crippen LogP contribution in [0.2, 0.25) is 5.15 Å². The first kappa shape index (κ1) is 14.2. The van der Waals surface area contributed by atoms with Crippen molar-refractivity contribution in [3.8, 4) is 17.4 Å². The maximum Gasteiger partial charge on any atom is 0.360 e. The van der Waals surface area contributed by atoms with Crippen LogP contribution in [0, 0.1) is 0 Å². The maximum atomic E-state index is 11.6. The second-order valence-corrected chi connectivity index (χ2v) is 4.67. The number of hydrogen-bond acceptors (Lipinski definition) is 6. The largest absolute Gasteiger partial charge is 0.505 e. The average Bonchev–Trinajstić information content (AvgIpc) is 2.96. The molecule has 1 aromatic carbocycles. The first-order valence-corrected chi connectivity index (χ1v) is 6.61. The van der Waals surface area contributed by atoms with Gasteiger partial charge in [0.1, 0.15) is 5.75 Å². The summed E-state index contributed by atoms with van der Waals surface area (Å²) in [7, 11) is 1.18. The molecule has 0 saturated carbocycles. The molecule has 2 heterocycles. The third-order valence-corrected chi connectivity index (χ3v) is 3.18. The molecular formula is C15H10ClNO5. The number of pyridine rings is 1. The van der Waals surface area contributed by atoms with Crippen LogP contribution in [0.1, 0.15) is 10.5 Å². The smallest absolute Gasteiger partial charge is 0.360 e. The number of hydrogen-bond donors (Lipinski definition) is 1. The highest BCUT2D eigenvalue weighted by Crippen LogP contribution is 2.38. The summed E-state index contributed by atoms with van der Waals surface area (Å²) in [5.74, 6) is -0.508. The van der Waals surface area contributed by atoms with Gasteiger partial charge in [-0.1, -0.05) is 29.8 Å². The van der Waals surface area contributed by atoms with Gasteiger partial charge in [0.15, 0.2) is 22.2 Å². The highest BCUT2D eigenvalue weighted by molar-refractivity contribution is 6.34. The lowest BCUT2D eigenvalue weighted by molar-refractivity contribution is 0.0591. The van der Waals surface area contributed by atoms with Gasteiger partial charge in [-0.2, -0.15) is 0 Å². The number of methoxy groups -OCH3 is 1. The fourth-order valence-corrected chi connectivity index (χ4v) is 2.15. The van der Waals surface area contributed by atoms with Gasteiger partial charge in [-0.25, -0.2) is 9.78 Å². The van der Waals surface area contributed by atoms with Crippen molar-refractivity contribution < 1.29 is 23.8 Å². The van der Waals surface area contributed by atoms with Crippen LogP contribution in [-0.2, 0) is 4.74 Å². The topological polar surface area (TPSA) is 81.8 Å². The maximum absolute atomic E-state index is 11.6.